The van der Waals surface area contributed by atoms with Crippen LogP contribution in [0, 0.1) is 0 Å². The van der Waals surface area contributed by atoms with Gasteiger partial charge in [-0.3, -0.25) is 9.78 Å². The molecular formula is C25H21NO5. The van der Waals surface area contributed by atoms with E-state index in [2.05, 4.69) is 25.8 Å². The first-order chi connectivity index (χ1) is 14.8. The molecule has 0 unspecified atom stereocenters. The van der Waals surface area contributed by atoms with Crippen LogP contribution in [0.15, 0.2) is 82.5 Å². The minimum Gasteiger partial charge on any atom is -0.460 e. The molecule has 0 aliphatic heterocycles. The van der Waals surface area contributed by atoms with E-state index in [9.17, 15) is 9.59 Å². The first-order valence-corrected chi connectivity index (χ1v) is 9.77. The van der Waals surface area contributed by atoms with Crippen LogP contribution in [-0.2, 0) is 5.41 Å². The third kappa shape index (κ3) is 4.48. The van der Waals surface area contributed by atoms with Gasteiger partial charge in [-0.2, -0.15) is 0 Å². The highest BCUT2D eigenvalue weighted by Gasteiger charge is 2.15. The maximum Gasteiger partial charge on any atom is 0.345 e. The number of rotatable bonds is 4. The predicted octanol–water partition coefficient (Wildman–Crippen LogP) is 5.50. The van der Waals surface area contributed by atoms with E-state index < -0.39 is 5.97 Å². The molecule has 0 bridgehead atoms. The van der Waals surface area contributed by atoms with Gasteiger partial charge in [0.25, 0.3) is 0 Å². The van der Waals surface area contributed by atoms with Crippen LogP contribution in [0.4, 0.5) is 0 Å². The van der Waals surface area contributed by atoms with Crippen molar-refractivity contribution in [3.63, 3.8) is 0 Å². The molecule has 2 aromatic heterocycles. The minimum atomic E-state index is -0.548. The molecule has 156 valence electrons. The maximum absolute atomic E-state index is 12.8. The zero-order valence-corrected chi connectivity index (χ0v) is 17.4. The fourth-order valence-corrected chi connectivity index (χ4v) is 3.02. The number of pyridine rings is 1. The van der Waals surface area contributed by atoms with Gasteiger partial charge in [0, 0.05) is 18.5 Å². The lowest BCUT2D eigenvalue weighted by atomic mass is 9.87. The van der Waals surface area contributed by atoms with Crippen molar-refractivity contribution in [2.24, 2.45) is 0 Å². The Bertz CT molecular complexity index is 1290. The van der Waals surface area contributed by atoms with Gasteiger partial charge in [-0.1, -0.05) is 32.9 Å². The van der Waals surface area contributed by atoms with E-state index >= 15 is 0 Å². The van der Waals surface area contributed by atoms with Gasteiger partial charge in [0.15, 0.2) is 0 Å². The third-order valence-corrected chi connectivity index (χ3v) is 4.77. The Morgan fingerprint density at radius 3 is 2.42 bits per heavy atom. The van der Waals surface area contributed by atoms with E-state index in [4.69, 9.17) is 13.9 Å². The first kappa shape index (κ1) is 20.3. The lowest BCUT2D eigenvalue weighted by Crippen LogP contribution is -2.10. The second-order valence-corrected chi connectivity index (χ2v) is 8.09. The molecule has 2 aromatic carbocycles. The second-order valence-electron chi connectivity index (χ2n) is 8.09. The van der Waals surface area contributed by atoms with Gasteiger partial charge in [0.1, 0.15) is 23.3 Å². The summed E-state index contributed by atoms with van der Waals surface area (Å²) >= 11 is 0. The topological polar surface area (TPSA) is 78.6 Å². The number of carbonyl (C=O) groups excluding carboxylic acids is 1. The van der Waals surface area contributed by atoms with Crippen LogP contribution in [0.25, 0.3) is 11.0 Å². The predicted molar refractivity (Wildman–Crippen MR) is 117 cm³/mol. The third-order valence-electron chi connectivity index (χ3n) is 4.77. The molecule has 0 aliphatic rings. The molecule has 0 spiro atoms. The van der Waals surface area contributed by atoms with E-state index in [1.165, 1.54) is 30.2 Å². The molecule has 2 heterocycles. The van der Waals surface area contributed by atoms with E-state index in [0.29, 0.717) is 16.7 Å². The Morgan fingerprint density at radius 2 is 1.74 bits per heavy atom. The van der Waals surface area contributed by atoms with Gasteiger partial charge in [0.2, 0.25) is 11.2 Å². The van der Waals surface area contributed by atoms with E-state index in [-0.39, 0.29) is 27.9 Å². The first-order valence-electron chi connectivity index (χ1n) is 9.77. The van der Waals surface area contributed by atoms with Crippen LogP contribution in [0.2, 0.25) is 0 Å². The summed E-state index contributed by atoms with van der Waals surface area (Å²) in [6, 6.07) is 15.4. The molecule has 0 amide bonds. The van der Waals surface area contributed by atoms with Gasteiger partial charge < -0.3 is 13.9 Å². The molecule has 0 N–H and O–H groups in total. The van der Waals surface area contributed by atoms with Gasteiger partial charge in [-0.25, -0.2) is 4.79 Å². The van der Waals surface area contributed by atoms with Gasteiger partial charge in [-0.05, 0) is 47.4 Å². The van der Waals surface area contributed by atoms with Crippen LogP contribution < -0.4 is 14.9 Å². The highest BCUT2D eigenvalue weighted by molar-refractivity contribution is 5.91. The molecule has 0 saturated heterocycles. The van der Waals surface area contributed by atoms with Crippen molar-refractivity contribution >= 4 is 16.9 Å². The smallest absolute Gasteiger partial charge is 0.345 e. The lowest BCUT2D eigenvalue weighted by Gasteiger charge is -2.19. The van der Waals surface area contributed by atoms with Gasteiger partial charge in [0.05, 0.1) is 10.9 Å². The average molecular weight is 415 g/mol. The normalized spacial score (nSPS) is 11.3. The second kappa shape index (κ2) is 8.07. The van der Waals surface area contributed by atoms with E-state index in [1.807, 2.05) is 24.3 Å². The SMILES string of the molecule is CC(C)(C)c1ccc(Oc2coc3cc(OC(=O)c4cccnc4)ccc3c2=O)cc1. The summed E-state index contributed by atoms with van der Waals surface area (Å²) < 4.78 is 16.7. The molecule has 0 aliphatic carbocycles. The molecule has 4 rings (SSSR count). The van der Waals surface area contributed by atoms with E-state index in [1.54, 1.807) is 24.4 Å². The zero-order valence-electron chi connectivity index (χ0n) is 17.4. The van der Waals surface area contributed by atoms with Crippen molar-refractivity contribution in [1.29, 1.82) is 0 Å². The largest absolute Gasteiger partial charge is 0.460 e. The fourth-order valence-electron chi connectivity index (χ4n) is 3.02. The summed E-state index contributed by atoms with van der Waals surface area (Å²) in [7, 11) is 0. The monoisotopic (exact) mass is 415 g/mol. The molecule has 31 heavy (non-hydrogen) atoms. The number of carbonyl (C=O) groups is 1. The van der Waals surface area contributed by atoms with Gasteiger partial charge >= 0.3 is 5.97 Å². The van der Waals surface area contributed by atoms with Crippen molar-refractivity contribution in [2.45, 2.75) is 26.2 Å². The highest BCUT2D eigenvalue weighted by atomic mass is 16.5. The fraction of sp³-hybridized carbons (Fsp3) is 0.160. The minimum absolute atomic E-state index is 0.0265. The Balaban J connectivity index is 1.56. The van der Waals surface area contributed by atoms with Gasteiger partial charge in [-0.15, -0.1) is 0 Å². The van der Waals surface area contributed by atoms with Crippen molar-refractivity contribution < 1.29 is 18.7 Å². The molecule has 0 fully saturated rings. The number of benzene rings is 2. The van der Waals surface area contributed by atoms with Crippen molar-refractivity contribution in [2.75, 3.05) is 0 Å². The summed E-state index contributed by atoms with van der Waals surface area (Å²) in [5.74, 6) is 0.335. The quantitative estimate of drug-likeness (QED) is 0.324. The van der Waals surface area contributed by atoms with Crippen molar-refractivity contribution in [1.82, 2.24) is 4.98 Å². The number of hydrogen-bond acceptors (Lipinski definition) is 6. The maximum atomic E-state index is 12.8. The highest BCUT2D eigenvalue weighted by Crippen LogP contribution is 2.27. The Labute approximate surface area is 179 Å². The average Bonchev–Trinajstić information content (AvgIpc) is 2.76. The standard InChI is InChI=1S/C25H21NO5/c1-25(2,3)17-6-8-18(9-7-17)30-22-15-29-21-13-19(10-11-20(21)23(22)27)31-24(28)16-5-4-12-26-14-16/h4-15H,1-3H3. The molecule has 0 radical (unpaired) electrons. The van der Waals surface area contributed by atoms with Crippen LogP contribution in [-0.4, -0.2) is 11.0 Å². The molecule has 6 nitrogen and oxygen atoms in total. The van der Waals surface area contributed by atoms with Crippen molar-refractivity contribution in [3.8, 4) is 17.2 Å². The number of nitrogens with zero attached hydrogens (tertiary/aromatic N) is 1. The summed E-state index contributed by atoms with van der Waals surface area (Å²) in [4.78, 5) is 28.9. The molecule has 6 heteroatoms. The van der Waals surface area contributed by atoms with Crippen LogP contribution >= 0.6 is 0 Å². The summed E-state index contributed by atoms with van der Waals surface area (Å²) in [6.45, 7) is 6.38. The molecular weight excluding hydrogens is 394 g/mol. The van der Waals surface area contributed by atoms with Crippen LogP contribution in [0.5, 0.6) is 17.2 Å². The Kier molecular flexibility index (Phi) is 5.29. The van der Waals surface area contributed by atoms with Crippen LogP contribution in [0.3, 0.4) is 0 Å². The number of hydrogen-bond donors (Lipinski definition) is 0. The number of aromatic nitrogens is 1. The lowest BCUT2D eigenvalue weighted by molar-refractivity contribution is 0.0734. The van der Waals surface area contributed by atoms with Crippen molar-refractivity contribution in [3.05, 3.63) is 94.6 Å². The number of fused-ring (bicyclic) bond motifs is 1. The summed E-state index contributed by atoms with van der Waals surface area (Å²) in [5, 5.41) is 0.324. The summed E-state index contributed by atoms with van der Waals surface area (Å²) in [5.41, 5.74) is 1.49. The number of ether oxygens (including phenoxy) is 2. The molecule has 0 saturated carbocycles. The summed E-state index contributed by atoms with van der Waals surface area (Å²) in [6.07, 6.45) is 4.25. The molecule has 4 aromatic rings. The number of esters is 1. The Hall–Kier alpha value is -3.93. The molecule has 0 atom stereocenters. The Morgan fingerprint density at radius 1 is 1.00 bits per heavy atom. The zero-order chi connectivity index (χ0) is 22.0. The van der Waals surface area contributed by atoms with E-state index in [0.717, 1.165) is 0 Å². The van der Waals surface area contributed by atoms with Crippen LogP contribution in [0.1, 0.15) is 36.7 Å².